The summed E-state index contributed by atoms with van der Waals surface area (Å²) in [5.74, 6) is -0.453. The maximum atomic E-state index is 15.2. The number of nitrogens with one attached hydrogen (secondary N) is 1. The number of anilines is 1. The molecule has 0 aliphatic carbocycles. The van der Waals surface area contributed by atoms with Gasteiger partial charge in [0.1, 0.15) is 11.5 Å². The highest BCUT2D eigenvalue weighted by atomic mass is 35.5. The van der Waals surface area contributed by atoms with E-state index in [2.05, 4.69) is 15.4 Å². The number of rotatable bonds is 9. The number of benzene rings is 2. The van der Waals surface area contributed by atoms with Crippen LogP contribution < -0.4 is 10.9 Å². The van der Waals surface area contributed by atoms with E-state index in [4.69, 9.17) is 16.3 Å². The molecule has 1 N–H and O–H groups in total. The van der Waals surface area contributed by atoms with Crippen molar-refractivity contribution in [1.82, 2.24) is 14.8 Å². The van der Waals surface area contributed by atoms with E-state index < -0.39 is 5.95 Å². The minimum absolute atomic E-state index is 0.137. The van der Waals surface area contributed by atoms with Crippen LogP contribution in [-0.4, -0.2) is 34.5 Å². The van der Waals surface area contributed by atoms with Crippen LogP contribution in [0.4, 0.5) is 10.2 Å². The Morgan fingerprint density at radius 3 is 2.58 bits per heavy atom. The predicted octanol–water partition coefficient (Wildman–Crippen LogP) is 5.14. The van der Waals surface area contributed by atoms with Gasteiger partial charge in [-0.25, -0.2) is 9.67 Å². The van der Waals surface area contributed by atoms with Crippen molar-refractivity contribution < 1.29 is 9.13 Å². The van der Waals surface area contributed by atoms with Gasteiger partial charge in [0.15, 0.2) is 0 Å². The van der Waals surface area contributed by atoms with Crippen molar-refractivity contribution >= 4 is 28.2 Å². The summed E-state index contributed by atoms with van der Waals surface area (Å²) in [6.07, 6.45) is 0.742. The smallest absolute Gasteiger partial charge is 0.274 e. The fourth-order valence-electron chi connectivity index (χ4n) is 3.58. The lowest BCUT2D eigenvalue weighted by Gasteiger charge is -2.13. The molecule has 0 saturated carbocycles. The molecule has 2 aromatic heterocycles. The van der Waals surface area contributed by atoms with Gasteiger partial charge in [-0.3, -0.25) is 4.79 Å². The van der Waals surface area contributed by atoms with E-state index in [-0.39, 0.29) is 28.5 Å². The van der Waals surface area contributed by atoms with Crippen LogP contribution in [0.1, 0.15) is 18.9 Å². The highest BCUT2D eigenvalue weighted by molar-refractivity contribution is 6.33. The lowest BCUT2D eigenvalue weighted by atomic mass is 10.1. The van der Waals surface area contributed by atoms with E-state index in [1.165, 1.54) is 10.7 Å². The van der Waals surface area contributed by atoms with Crippen LogP contribution in [0.15, 0.2) is 65.5 Å². The number of halogens is 2. The molecular formula is C25H24ClFN4O2. The maximum absolute atomic E-state index is 15.2. The van der Waals surface area contributed by atoms with Gasteiger partial charge in [-0.1, -0.05) is 60.1 Å². The fourth-order valence-corrected chi connectivity index (χ4v) is 3.80. The monoisotopic (exact) mass is 466 g/mol. The van der Waals surface area contributed by atoms with Crippen LogP contribution in [0.3, 0.4) is 0 Å². The Morgan fingerprint density at radius 1 is 1.09 bits per heavy atom. The zero-order valence-electron chi connectivity index (χ0n) is 18.2. The Hall–Kier alpha value is -3.29. The second-order valence-electron chi connectivity index (χ2n) is 7.48. The number of ether oxygens (including phenoxy) is 1. The van der Waals surface area contributed by atoms with Crippen molar-refractivity contribution in [2.45, 2.75) is 19.9 Å². The third-order valence-electron chi connectivity index (χ3n) is 5.19. The SMILES string of the molecule is CCOCCCNc1nc(F)c(-c2nn(Cc3ccccc3)c(=O)c3ccccc23)cc1Cl. The number of nitrogens with zero attached hydrogens (tertiary/aromatic N) is 3. The van der Waals surface area contributed by atoms with Gasteiger partial charge < -0.3 is 10.1 Å². The molecule has 0 atom stereocenters. The Balaban J connectivity index is 1.73. The lowest BCUT2D eigenvalue weighted by Crippen LogP contribution is -2.24. The third kappa shape index (κ3) is 5.21. The maximum Gasteiger partial charge on any atom is 0.274 e. The van der Waals surface area contributed by atoms with Crippen molar-refractivity contribution in [3.05, 3.63) is 87.6 Å². The van der Waals surface area contributed by atoms with Crippen molar-refractivity contribution in [2.75, 3.05) is 25.1 Å². The van der Waals surface area contributed by atoms with Gasteiger partial charge in [0.05, 0.1) is 22.5 Å². The molecule has 0 aliphatic rings. The second-order valence-corrected chi connectivity index (χ2v) is 7.88. The molecule has 6 nitrogen and oxygen atoms in total. The Bertz CT molecular complexity index is 1310. The van der Waals surface area contributed by atoms with Gasteiger partial charge in [0.25, 0.3) is 5.56 Å². The van der Waals surface area contributed by atoms with Crippen molar-refractivity contribution in [3.8, 4) is 11.3 Å². The van der Waals surface area contributed by atoms with Crippen LogP contribution in [0.25, 0.3) is 22.0 Å². The van der Waals surface area contributed by atoms with Gasteiger partial charge >= 0.3 is 0 Å². The summed E-state index contributed by atoms with van der Waals surface area (Å²) in [5, 5.41) is 8.83. The topological polar surface area (TPSA) is 69.0 Å². The Kier molecular flexibility index (Phi) is 7.32. The fraction of sp³-hybridized carbons (Fsp3) is 0.240. The molecule has 2 heterocycles. The summed E-state index contributed by atoms with van der Waals surface area (Å²) in [6.45, 7) is 3.99. The molecule has 0 fully saturated rings. The molecule has 33 heavy (non-hydrogen) atoms. The molecule has 0 radical (unpaired) electrons. The Labute approximate surface area is 196 Å². The van der Waals surface area contributed by atoms with Crippen molar-refractivity contribution in [2.24, 2.45) is 0 Å². The van der Waals surface area contributed by atoms with Crippen LogP contribution in [-0.2, 0) is 11.3 Å². The molecule has 2 aromatic carbocycles. The molecule has 0 saturated heterocycles. The highest BCUT2D eigenvalue weighted by Gasteiger charge is 2.18. The first-order valence-corrected chi connectivity index (χ1v) is 11.2. The molecule has 4 rings (SSSR count). The minimum Gasteiger partial charge on any atom is -0.382 e. The summed E-state index contributed by atoms with van der Waals surface area (Å²) in [5.41, 5.74) is 1.12. The summed E-state index contributed by atoms with van der Waals surface area (Å²) < 4.78 is 21.8. The second kappa shape index (κ2) is 10.6. The van der Waals surface area contributed by atoms with Gasteiger partial charge in [0.2, 0.25) is 5.95 Å². The van der Waals surface area contributed by atoms with Crippen LogP contribution >= 0.6 is 11.6 Å². The number of hydrogen-bond acceptors (Lipinski definition) is 5. The van der Waals surface area contributed by atoms with Gasteiger partial charge in [0, 0.05) is 25.1 Å². The average molecular weight is 467 g/mol. The van der Waals surface area contributed by atoms with E-state index in [9.17, 15) is 4.79 Å². The quantitative estimate of drug-likeness (QED) is 0.273. The molecule has 4 aromatic rings. The predicted molar refractivity (Wildman–Crippen MR) is 129 cm³/mol. The normalized spacial score (nSPS) is 11.1. The lowest BCUT2D eigenvalue weighted by molar-refractivity contribution is 0.147. The molecular weight excluding hydrogens is 443 g/mol. The van der Waals surface area contributed by atoms with Crippen LogP contribution in [0, 0.1) is 5.95 Å². The van der Waals surface area contributed by atoms with Crippen molar-refractivity contribution in [3.63, 3.8) is 0 Å². The van der Waals surface area contributed by atoms with E-state index in [0.29, 0.717) is 36.2 Å². The van der Waals surface area contributed by atoms with E-state index in [1.54, 1.807) is 24.3 Å². The van der Waals surface area contributed by atoms with Crippen LogP contribution in [0.5, 0.6) is 0 Å². The van der Waals surface area contributed by atoms with Gasteiger partial charge in [-0.2, -0.15) is 9.49 Å². The first-order chi connectivity index (χ1) is 16.1. The molecule has 8 heteroatoms. The molecule has 0 bridgehead atoms. The van der Waals surface area contributed by atoms with Gasteiger partial charge in [-0.15, -0.1) is 0 Å². The Morgan fingerprint density at radius 2 is 1.82 bits per heavy atom. The average Bonchev–Trinajstić information content (AvgIpc) is 2.83. The molecule has 0 aliphatic heterocycles. The number of pyridine rings is 1. The molecule has 0 spiro atoms. The highest BCUT2D eigenvalue weighted by Crippen LogP contribution is 2.31. The molecule has 170 valence electrons. The van der Waals surface area contributed by atoms with E-state index in [1.807, 2.05) is 37.3 Å². The van der Waals surface area contributed by atoms with Crippen LogP contribution in [0.2, 0.25) is 5.02 Å². The first-order valence-electron chi connectivity index (χ1n) is 10.8. The standard InChI is InChI=1S/C25H24ClFN4O2/c1-2-33-14-8-13-28-24-21(26)15-20(23(27)29-24)22-18-11-6-7-12-19(18)25(32)31(30-22)16-17-9-4-3-5-10-17/h3-7,9-12,15H,2,8,13-14,16H2,1H3,(H,28,29). The summed E-state index contributed by atoms with van der Waals surface area (Å²) in [6, 6.07) is 18.0. The van der Waals surface area contributed by atoms with Gasteiger partial charge in [-0.05, 0) is 31.0 Å². The minimum atomic E-state index is -0.714. The number of fused-ring (bicyclic) bond motifs is 1. The summed E-state index contributed by atoms with van der Waals surface area (Å²) >= 11 is 6.42. The zero-order chi connectivity index (χ0) is 23.2. The van der Waals surface area contributed by atoms with E-state index in [0.717, 1.165) is 12.0 Å². The number of aromatic nitrogens is 3. The molecule has 0 unspecified atom stereocenters. The van der Waals surface area contributed by atoms with E-state index >= 15 is 4.39 Å². The largest absolute Gasteiger partial charge is 0.382 e. The van der Waals surface area contributed by atoms with Crippen molar-refractivity contribution in [1.29, 1.82) is 0 Å². The zero-order valence-corrected chi connectivity index (χ0v) is 19.0. The first kappa shape index (κ1) is 22.9. The molecule has 0 amide bonds. The third-order valence-corrected chi connectivity index (χ3v) is 5.48. The number of hydrogen-bond donors (Lipinski definition) is 1. The summed E-state index contributed by atoms with van der Waals surface area (Å²) in [7, 11) is 0. The summed E-state index contributed by atoms with van der Waals surface area (Å²) in [4.78, 5) is 17.1.